The molecule has 0 aromatic heterocycles. The maximum atomic E-state index is 11.0. The lowest BCUT2D eigenvalue weighted by molar-refractivity contribution is -0.116. The number of nitrogens with zero attached hydrogens (tertiary/aromatic N) is 2. The molecule has 1 heterocycles. The summed E-state index contributed by atoms with van der Waals surface area (Å²) in [5.41, 5.74) is 0.735. The predicted molar refractivity (Wildman–Crippen MR) is 89.1 cm³/mol. The van der Waals surface area contributed by atoms with E-state index >= 15 is 0 Å². The van der Waals surface area contributed by atoms with Gasteiger partial charge in [0.15, 0.2) is 10.9 Å². The summed E-state index contributed by atoms with van der Waals surface area (Å²) in [6, 6.07) is 3.46. The third-order valence-electron chi connectivity index (χ3n) is 2.26. The van der Waals surface area contributed by atoms with Crippen LogP contribution < -0.4 is 10.1 Å². The summed E-state index contributed by atoms with van der Waals surface area (Å²) in [6.07, 6.45) is 6.67. The quantitative estimate of drug-likeness (QED) is 0.491. The molecule has 1 aliphatic heterocycles. The summed E-state index contributed by atoms with van der Waals surface area (Å²) in [5.74, 6) is 3.15. The van der Waals surface area contributed by atoms with Crippen LogP contribution in [-0.2, 0) is 4.79 Å². The van der Waals surface area contributed by atoms with Crippen molar-refractivity contribution in [2.45, 2.75) is 0 Å². The predicted octanol–water partition coefficient (Wildman–Crippen LogP) is 2.67. The number of amidine groups is 1. The van der Waals surface area contributed by atoms with E-state index < -0.39 is 0 Å². The van der Waals surface area contributed by atoms with Gasteiger partial charge in [-0.2, -0.15) is 5.10 Å². The number of thioether (sulfide) groups is 1. The second kappa shape index (κ2) is 7.50. The van der Waals surface area contributed by atoms with Crippen LogP contribution in [0.1, 0.15) is 5.56 Å². The summed E-state index contributed by atoms with van der Waals surface area (Å²) >= 11 is 10.8. The number of halogens is 2. The molecule has 1 fully saturated rings. The van der Waals surface area contributed by atoms with Gasteiger partial charge in [-0.1, -0.05) is 29.3 Å². The Morgan fingerprint density at radius 3 is 3.05 bits per heavy atom. The second-order valence-electron chi connectivity index (χ2n) is 3.79. The van der Waals surface area contributed by atoms with E-state index in [9.17, 15) is 4.79 Å². The fraction of sp³-hybridized carbons (Fsp3) is 0.154. The Morgan fingerprint density at radius 1 is 1.62 bits per heavy atom. The molecular weight excluding hydrogens is 378 g/mol. The topological polar surface area (TPSA) is 63.1 Å². The van der Waals surface area contributed by atoms with Gasteiger partial charge in [0.2, 0.25) is 5.91 Å². The van der Waals surface area contributed by atoms with Crippen molar-refractivity contribution in [1.82, 2.24) is 5.32 Å². The number of nitrogens with one attached hydrogen (secondary N) is 1. The Labute approximate surface area is 139 Å². The van der Waals surface area contributed by atoms with Gasteiger partial charge in [-0.3, -0.25) is 4.79 Å². The molecule has 108 valence electrons. The normalized spacial score (nSPS) is 16.2. The van der Waals surface area contributed by atoms with Crippen LogP contribution >= 0.6 is 39.3 Å². The number of carbonyl (C=O) groups excluding carboxylic acids is 1. The van der Waals surface area contributed by atoms with Crippen molar-refractivity contribution in [1.29, 1.82) is 0 Å². The zero-order chi connectivity index (χ0) is 15.2. The zero-order valence-corrected chi connectivity index (χ0v) is 13.8. The molecule has 0 atom stereocenters. The molecule has 1 aliphatic rings. The van der Waals surface area contributed by atoms with Crippen LogP contribution in [0.25, 0.3) is 0 Å². The van der Waals surface area contributed by atoms with Crippen LogP contribution in [0.5, 0.6) is 5.75 Å². The van der Waals surface area contributed by atoms with Crippen LogP contribution in [0, 0.1) is 12.3 Å². The van der Waals surface area contributed by atoms with E-state index in [1.165, 1.54) is 18.0 Å². The van der Waals surface area contributed by atoms with Crippen molar-refractivity contribution in [3.8, 4) is 18.1 Å². The first-order valence-electron chi connectivity index (χ1n) is 5.69. The smallest absolute Gasteiger partial charge is 0.236 e. The van der Waals surface area contributed by atoms with Crippen LogP contribution in [-0.4, -0.2) is 29.6 Å². The highest BCUT2D eigenvalue weighted by molar-refractivity contribution is 9.10. The second-order valence-corrected chi connectivity index (χ2v) is 6.02. The molecule has 8 heteroatoms. The van der Waals surface area contributed by atoms with Crippen molar-refractivity contribution in [3.63, 3.8) is 0 Å². The summed E-state index contributed by atoms with van der Waals surface area (Å²) in [6.45, 7) is 0.135. The Balaban J connectivity index is 2.11. The Morgan fingerprint density at radius 2 is 2.43 bits per heavy atom. The minimum atomic E-state index is -0.0743. The summed E-state index contributed by atoms with van der Waals surface area (Å²) in [5, 5.41) is 11.3. The molecule has 1 amide bonds. The number of amides is 1. The number of terminal acetylenes is 1. The molecule has 0 spiro atoms. The third kappa shape index (κ3) is 4.49. The van der Waals surface area contributed by atoms with Gasteiger partial charge in [0.25, 0.3) is 0 Å². The molecule has 0 radical (unpaired) electrons. The molecule has 0 saturated carbocycles. The highest BCUT2D eigenvalue weighted by Gasteiger charge is 2.16. The Hall–Kier alpha value is -1.49. The number of benzene rings is 1. The zero-order valence-electron chi connectivity index (χ0n) is 10.6. The van der Waals surface area contributed by atoms with Crippen molar-refractivity contribution in [3.05, 3.63) is 27.2 Å². The molecule has 2 rings (SSSR count). The minimum absolute atomic E-state index is 0.0743. The summed E-state index contributed by atoms with van der Waals surface area (Å²) < 4.78 is 6.00. The summed E-state index contributed by atoms with van der Waals surface area (Å²) in [7, 11) is 0. The van der Waals surface area contributed by atoms with Crippen LogP contribution in [0.2, 0.25) is 5.02 Å². The average molecular weight is 387 g/mol. The van der Waals surface area contributed by atoms with Crippen molar-refractivity contribution in [2.75, 3.05) is 12.4 Å². The molecule has 5 nitrogen and oxygen atoms in total. The maximum Gasteiger partial charge on any atom is 0.236 e. The Bertz CT molecular complexity index is 647. The Kier molecular flexibility index (Phi) is 5.67. The molecule has 21 heavy (non-hydrogen) atoms. The van der Waals surface area contributed by atoms with E-state index in [0.717, 1.165) is 5.56 Å². The highest BCUT2D eigenvalue weighted by atomic mass is 79.9. The first-order valence-corrected chi connectivity index (χ1v) is 7.85. The molecular formula is C13H9BrClN3O2S. The third-order valence-corrected chi connectivity index (χ3v) is 4.00. The van der Waals surface area contributed by atoms with Crippen LogP contribution in [0.4, 0.5) is 0 Å². The van der Waals surface area contributed by atoms with E-state index in [1.807, 2.05) is 0 Å². The molecule has 0 unspecified atom stereocenters. The molecule has 1 N–H and O–H groups in total. The van der Waals surface area contributed by atoms with Gasteiger partial charge in [0.1, 0.15) is 6.61 Å². The number of rotatable bonds is 4. The number of hydrogen-bond donors (Lipinski definition) is 1. The molecule has 0 aliphatic carbocycles. The first-order chi connectivity index (χ1) is 10.1. The lowest BCUT2D eigenvalue weighted by atomic mass is 10.2. The van der Waals surface area contributed by atoms with Crippen molar-refractivity contribution >= 4 is 56.6 Å². The van der Waals surface area contributed by atoms with Gasteiger partial charge >= 0.3 is 0 Å². The summed E-state index contributed by atoms with van der Waals surface area (Å²) in [4.78, 5) is 11.0. The van der Waals surface area contributed by atoms with E-state index in [1.54, 1.807) is 12.1 Å². The standard InChI is InChI=1S/C13H9BrClN3O2S/c1-2-3-20-12-9(14)4-8(5-10(12)15)6-16-18-13-17-11(19)7-21-13/h1,4-6H,3,7H2,(H,17,18,19). The van der Waals surface area contributed by atoms with Crippen LogP contribution in [0.15, 0.2) is 26.8 Å². The maximum absolute atomic E-state index is 11.0. The van der Waals surface area contributed by atoms with Crippen molar-refractivity contribution in [2.24, 2.45) is 10.2 Å². The van der Waals surface area contributed by atoms with Gasteiger partial charge in [-0.05, 0) is 33.6 Å². The molecule has 1 aromatic rings. The van der Waals surface area contributed by atoms with Crippen molar-refractivity contribution < 1.29 is 9.53 Å². The van der Waals surface area contributed by atoms with E-state index in [4.69, 9.17) is 22.8 Å². The molecule has 1 aromatic carbocycles. The van der Waals surface area contributed by atoms with Gasteiger partial charge in [-0.15, -0.1) is 11.5 Å². The monoisotopic (exact) mass is 385 g/mol. The number of carbonyl (C=O) groups is 1. The first kappa shape index (κ1) is 15.9. The number of ether oxygens (including phenoxy) is 1. The van der Waals surface area contributed by atoms with Crippen LogP contribution in [0.3, 0.4) is 0 Å². The minimum Gasteiger partial charge on any atom is -0.478 e. The lowest BCUT2D eigenvalue weighted by Crippen LogP contribution is -2.19. The van der Waals surface area contributed by atoms with Gasteiger partial charge in [0.05, 0.1) is 21.5 Å². The highest BCUT2D eigenvalue weighted by Crippen LogP contribution is 2.34. The largest absolute Gasteiger partial charge is 0.478 e. The fourth-order valence-electron chi connectivity index (χ4n) is 1.43. The van der Waals surface area contributed by atoms with E-state index in [2.05, 4.69) is 37.4 Å². The molecule has 1 saturated heterocycles. The SMILES string of the molecule is C#CCOc1c(Cl)cc(C=NN=C2NC(=O)CS2)cc1Br. The van der Waals surface area contributed by atoms with Gasteiger partial charge in [0, 0.05) is 0 Å². The molecule has 0 bridgehead atoms. The van der Waals surface area contributed by atoms with Gasteiger partial charge in [-0.25, -0.2) is 0 Å². The average Bonchev–Trinajstić information content (AvgIpc) is 2.84. The van der Waals surface area contributed by atoms with Gasteiger partial charge < -0.3 is 10.1 Å². The fourth-order valence-corrected chi connectivity index (χ4v) is 3.05. The lowest BCUT2D eigenvalue weighted by Gasteiger charge is -2.08. The number of hydrogen-bond acceptors (Lipinski definition) is 5. The van der Waals surface area contributed by atoms with E-state index in [-0.39, 0.29) is 12.5 Å². The van der Waals surface area contributed by atoms with E-state index in [0.29, 0.717) is 26.2 Å².